The van der Waals surface area contributed by atoms with Crippen LogP contribution < -0.4 is 5.32 Å². The summed E-state index contributed by atoms with van der Waals surface area (Å²) in [6, 6.07) is 6.46. The fraction of sp³-hybridized carbons (Fsp3) is 0.222. The molecule has 2 rings (SSSR count). The fourth-order valence-corrected chi connectivity index (χ4v) is 1.36. The first-order chi connectivity index (χ1) is 8.25. The number of nitro groups is 1. The molecule has 1 aromatic heterocycles. The molecule has 88 valence electrons. The van der Waals surface area contributed by atoms with Crippen LogP contribution >= 0.6 is 0 Å². The van der Waals surface area contributed by atoms with E-state index in [4.69, 9.17) is 0 Å². The van der Waals surface area contributed by atoms with Crippen molar-refractivity contribution in [3.8, 4) is 0 Å². The summed E-state index contributed by atoms with van der Waals surface area (Å²) in [5.41, 5.74) is 0.923. The Morgan fingerprint density at radius 3 is 3.00 bits per heavy atom. The van der Waals surface area contributed by atoms with Crippen LogP contribution in [0.5, 0.6) is 0 Å². The summed E-state index contributed by atoms with van der Waals surface area (Å²) >= 11 is 0. The molecule has 2 aromatic rings. The van der Waals surface area contributed by atoms with Gasteiger partial charge in [-0.1, -0.05) is 17.3 Å². The average molecular weight is 234 g/mol. The van der Waals surface area contributed by atoms with Gasteiger partial charge < -0.3 is 5.32 Å². The van der Waals surface area contributed by atoms with Crippen LogP contribution in [0.3, 0.4) is 0 Å². The molecular weight excluding hydrogens is 224 g/mol. The Hall–Kier alpha value is -2.35. The number of nitrogens with one attached hydrogen (secondary N) is 2. The SMILES string of the molecule is O=[N+]([O-])c1cccc(CNCc2nn[nH]n2)c1. The fourth-order valence-electron chi connectivity index (χ4n) is 1.36. The second-order valence-electron chi connectivity index (χ2n) is 3.36. The van der Waals surface area contributed by atoms with Crippen molar-refractivity contribution in [3.63, 3.8) is 0 Å². The van der Waals surface area contributed by atoms with Gasteiger partial charge in [-0.05, 0) is 5.56 Å². The normalized spacial score (nSPS) is 10.4. The third-order valence-corrected chi connectivity index (χ3v) is 2.12. The highest BCUT2D eigenvalue weighted by atomic mass is 16.6. The van der Waals surface area contributed by atoms with Crippen molar-refractivity contribution in [2.24, 2.45) is 0 Å². The Kier molecular flexibility index (Phi) is 3.36. The molecule has 0 aliphatic heterocycles. The molecule has 0 unspecified atom stereocenters. The summed E-state index contributed by atoms with van der Waals surface area (Å²) < 4.78 is 0. The summed E-state index contributed by atoms with van der Waals surface area (Å²) in [7, 11) is 0. The van der Waals surface area contributed by atoms with Crippen molar-refractivity contribution >= 4 is 5.69 Å². The van der Waals surface area contributed by atoms with Gasteiger partial charge in [0.05, 0.1) is 11.5 Å². The molecule has 1 aromatic carbocycles. The van der Waals surface area contributed by atoms with Crippen LogP contribution in [0.4, 0.5) is 5.69 Å². The van der Waals surface area contributed by atoms with Crippen LogP contribution in [0, 0.1) is 10.1 Å². The van der Waals surface area contributed by atoms with E-state index in [2.05, 4.69) is 25.9 Å². The van der Waals surface area contributed by atoms with Crippen molar-refractivity contribution in [1.29, 1.82) is 0 Å². The van der Waals surface area contributed by atoms with Gasteiger partial charge in [-0.25, -0.2) is 0 Å². The van der Waals surface area contributed by atoms with Crippen LogP contribution in [0.25, 0.3) is 0 Å². The van der Waals surface area contributed by atoms with Crippen molar-refractivity contribution in [3.05, 3.63) is 45.8 Å². The molecule has 2 N–H and O–H groups in total. The van der Waals surface area contributed by atoms with E-state index in [-0.39, 0.29) is 5.69 Å². The van der Waals surface area contributed by atoms with Gasteiger partial charge in [0.25, 0.3) is 5.69 Å². The molecular formula is C9H10N6O2. The molecule has 0 saturated heterocycles. The number of aromatic nitrogens is 4. The Balaban J connectivity index is 1.90. The van der Waals surface area contributed by atoms with Crippen LogP contribution in [0.1, 0.15) is 11.4 Å². The predicted molar refractivity (Wildman–Crippen MR) is 57.8 cm³/mol. The molecule has 0 spiro atoms. The van der Waals surface area contributed by atoms with Crippen molar-refractivity contribution < 1.29 is 4.92 Å². The monoisotopic (exact) mass is 234 g/mol. The number of nitrogens with zero attached hydrogens (tertiary/aromatic N) is 4. The first kappa shape index (κ1) is 11.1. The maximum Gasteiger partial charge on any atom is 0.269 e. The van der Waals surface area contributed by atoms with E-state index in [0.29, 0.717) is 18.9 Å². The van der Waals surface area contributed by atoms with E-state index in [1.54, 1.807) is 6.07 Å². The van der Waals surface area contributed by atoms with Crippen LogP contribution in [0.2, 0.25) is 0 Å². The number of aromatic amines is 1. The van der Waals surface area contributed by atoms with Crippen molar-refractivity contribution in [2.45, 2.75) is 13.1 Å². The molecule has 8 heteroatoms. The summed E-state index contributed by atoms with van der Waals surface area (Å²) in [5.74, 6) is 0.551. The van der Waals surface area contributed by atoms with Gasteiger partial charge >= 0.3 is 0 Å². The maximum absolute atomic E-state index is 10.6. The molecule has 0 aliphatic carbocycles. The number of tetrazole rings is 1. The number of hydrogen-bond donors (Lipinski definition) is 2. The molecule has 0 radical (unpaired) electrons. The second kappa shape index (κ2) is 5.12. The number of benzene rings is 1. The van der Waals surface area contributed by atoms with Crippen LogP contribution in [-0.4, -0.2) is 25.5 Å². The molecule has 0 saturated carbocycles. The van der Waals surface area contributed by atoms with Crippen molar-refractivity contribution in [2.75, 3.05) is 0 Å². The number of rotatable bonds is 5. The first-order valence-electron chi connectivity index (χ1n) is 4.92. The lowest BCUT2D eigenvalue weighted by molar-refractivity contribution is -0.384. The molecule has 17 heavy (non-hydrogen) atoms. The quantitative estimate of drug-likeness (QED) is 0.572. The van der Waals surface area contributed by atoms with E-state index in [1.165, 1.54) is 12.1 Å². The summed E-state index contributed by atoms with van der Waals surface area (Å²) in [6.07, 6.45) is 0. The van der Waals surface area contributed by atoms with Gasteiger partial charge in [0.1, 0.15) is 0 Å². The highest BCUT2D eigenvalue weighted by Crippen LogP contribution is 2.12. The van der Waals surface area contributed by atoms with Gasteiger partial charge in [0, 0.05) is 18.7 Å². The van der Waals surface area contributed by atoms with E-state index in [1.807, 2.05) is 6.07 Å². The third kappa shape index (κ3) is 3.05. The van der Waals surface area contributed by atoms with E-state index in [9.17, 15) is 10.1 Å². The molecule has 0 atom stereocenters. The zero-order chi connectivity index (χ0) is 12.1. The Bertz CT molecular complexity index is 498. The van der Waals surface area contributed by atoms with Gasteiger partial charge in [-0.2, -0.15) is 5.21 Å². The average Bonchev–Trinajstić information content (AvgIpc) is 2.82. The minimum atomic E-state index is -0.414. The van der Waals surface area contributed by atoms with E-state index < -0.39 is 4.92 Å². The lowest BCUT2D eigenvalue weighted by Gasteiger charge is -2.01. The standard InChI is InChI=1S/C9H10N6O2/c16-15(17)8-3-1-2-7(4-8)5-10-6-9-11-13-14-12-9/h1-4,10H,5-6H2,(H,11,12,13,14). The Labute approximate surface area is 96.2 Å². The molecule has 8 nitrogen and oxygen atoms in total. The zero-order valence-electron chi connectivity index (χ0n) is 8.83. The minimum Gasteiger partial charge on any atom is -0.306 e. The smallest absolute Gasteiger partial charge is 0.269 e. The first-order valence-corrected chi connectivity index (χ1v) is 4.92. The number of hydrogen-bond acceptors (Lipinski definition) is 6. The minimum absolute atomic E-state index is 0.0869. The van der Waals surface area contributed by atoms with Gasteiger partial charge in [0.2, 0.25) is 0 Å². The van der Waals surface area contributed by atoms with Crippen LogP contribution in [0.15, 0.2) is 24.3 Å². The molecule has 0 amide bonds. The highest BCUT2D eigenvalue weighted by molar-refractivity contribution is 5.34. The number of H-pyrrole nitrogens is 1. The summed E-state index contributed by atoms with van der Waals surface area (Å²) in [4.78, 5) is 10.2. The number of non-ortho nitro benzene ring substituents is 1. The highest BCUT2D eigenvalue weighted by Gasteiger charge is 2.05. The van der Waals surface area contributed by atoms with Crippen LogP contribution in [-0.2, 0) is 13.1 Å². The molecule has 0 fully saturated rings. The van der Waals surface area contributed by atoms with Gasteiger partial charge in [-0.15, -0.1) is 10.2 Å². The second-order valence-corrected chi connectivity index (χ2v) is 3.36. The Morgan fingerprint density at radius 1 is 1.41 bits per heavy atom. The largest absolute Gasteiger partial charge is 0.306 e. The topological polar surface area (TPSA) is 110 Å². The Morgan fingerprint density at radius 2 is 2.29 bits per heavy atom. The van der Waals surface area contributed by atoms with E-state index in [0.717, 1.165) is 5.56 Å². The van der Waals surface area contributed by atoms with Gasteiger partial charge in [-0.3, -0.25) is 10.1 Å². The zero-order valence-corrected chi connectivity index (χ0v) is 8.83. The lowest BCUT2D eigenvalue weighted by atomic mass is 10.2. The molecule has 0 aliphatic rings. The predicted octanol–water partition coefficient (Wildman–Crippen LogP) is 0.398. The van der Waals surface area contributed by atoms with Crippen molar-refractivity contribution in [1.82, 2.24) is 25.9 Å². The summed E-state index contributed by atoms with van der Waals surface area (Å²) in [6.45, 7) is 0.968. The van der Waals surface area contributed by atoms with Gasteiger partial charge in [0.15, 0.2) is 5.82 Å². The molecule has 0 bridgehead atoms. The summed E-state index contributed by atoms with van der Waals surface area (Å²) in [5, 5.41) is 26.9. The van der Waals surface area contributed by atoms with E-state index >= 15 is 0 Å². The third-order valence-electron chi connectivity index (χ3n) is 2.12. The lowest BCUT2D eigenvalue weighted by Crippen LogP contribution is -2.13. The maximum atomic E-state index is 10.6. The number of nitro benzene ring substituents is 1. The molecule has 1 heterocycles.